The molecule has 1 heterocycles. The molecule has 1 fully saturated rings. The molecule has 1 aliphatic rings. The number of methoxy groups -OCH3 is 1. The van der Waals surface area contributed by atoms with E-state index in [4.69, 9.17) is 15.3 Å². The molecule has 21 heavy (non-hydrogen) atoms. The summed E-state index contributed by atoms with van der Waals surface area (Å²) in [4.78, 5) is 11.1. The van der Waals surface area contributed by atoms with Crippen molar-refractivity contribution in [3.63, 3.8) is 0 Å². The zero-order chi connectivity index (χ0) is 16.3. The molecule has 0 unspecified atom stereocenters. The summed E-state index contributed by atoms with van der Waals surface area (Å²) in [5.74, 6) is 0.750. The van der Waals surface area contributed by atoms with Crippen molar-refractivity contribution in [2.75, 3.05) is 33.0 Å². The van der Waals surface area contributed by atoms with Crippen LogP contribution >= 0.6 is 0 Å². The highest BCUT2D eigenvalue weighted by atomic mass is 16.5. The molecule has 0 saturated carbocycles. The Balaban J connectivity index is 0.000000327. The summed E-state index contributed by atoms with van der Waals surface area (Å²) >= 11 is 0. The molecule has 1 saturated heterocycles. The highest BCUT2D eigenvalue weighted by Gasteiger charge is 2.06. The molecule has 0 spiro atoms. The molecule has 118 valence electrons. The molecule has 1 aromatic rings. The second-order valence-corrected chi connectivity index (χ2v) is 5.03. The van der Waals surface area contributed by atoms with Gasteiger partial charge in [-0.15, -0.1) is 0 Å². The van der Waals surface area contributed by atoms with Crippen molar-refractivity contribution in [2.24, 2.45) is 0 Å². The second kappa shape index (κ2) is 10.9. The van der Waals surface area contributed by atoms with Gasteiger partial charge in [0.05, 0.1) is 12.8 Å². The number of hydrogen-bond acceptors (Lipinski definition) is 4. The first-order chi connectivity index (χ1) is 9.94. The number of benzene rings is 1. The second-order valence-electron chi connectivity index (χ2n) is 5.03. The number of anilines is 1. The molecule has 0 aliphatic carbocycles. The first-order valence-electron chi connectivity index (χ1n) is 7.09. The first kappa shape index (κ1) is 19.2. The largest absolute Gasteiger partial charge is 0.495 e. The lowest BCUT2D eigenvalue weighted by Gasteiger charge is -2.22. The minimum absolute atomic E-state index is 0.688. The highest BCUT2D eigenvalue weighted by Crippen LogP contribution is 2.21. The number of rotatable bonds is 1. The van der Waals surface area contributed by atoms with Gasteiger partial charge in [-0.2, -0.15) is 0 Å². The molecule has 0 atom stereocenters. The third kappa shape index (κ3) is 8.87. The molecule has 0 aromatic heterocycles. The quantitative estimate of drug-likeness (QED) is 0.491. The standard InChI is InChI=1S/C8H11NO.C7H13N.C2H4O/c1-6-3-4-7(9)8(5-6)10-2;1-7-3-5-8(2)6-4-7;1-2-3/h3-5H,9H2,1-2H3;1,3-6H2,2H3;2H,1H3. The van der Waals surface area contributed by atoms with Crippen molar-refractivity contribution in [1.29, 1.82) is 0 Å². The minimum Gasteiger partial charge on any atom is -0.495 e. The molecule has 0 bridgehead atoms. The Morgan fingerprint density at radius 1 is 1.33 bits per heavy atom. The van der Waals surface area contributed by atoms with Crippen LogP contribution in [0.5, 0.6) is 5.75 Å². The summed E-state index contributed by atoms with van der Waals surface area (Å²) in [6.07, 6.45) is 3.16. The van der Waals surface area contributed by atoms with Crippen LogP contribution in [-0.2, 0) is 4.79 Å². The van der Waals surface area contributed by atoms with E-state index >= 15 is 0 Å². The maximum atomic E-state index is 8.81. The molecule has 2 rings (SSSR count). The van der Waals surface area contributed by atoms with Gasteiger partial charge in [0.2, 0.25) is 0 Å². The predicted molar refractivity (Wildman–Crippen MR) is 89.8 cm³/mol. The van der Waals surface area contributed by atoms with Crippen LogP contribution in [0.25, 0.3) is 0 Å². The Hall–Kier alpha value is -1.81. The van der Waals surface area contributed by atoms with E-state index in [0.717, 1.165) is 17.6 Å². The lowest BCUT2D eigenvalue weighted by atomic mass is 10.1. The average Bonchev–Trinajstić information content (AvgIpc) is 2.46. The average molecular weight is 292 g/mol. The number of carbonyl (C=O) groups is 1. The van der Waals surface area contributed by atoms with Gasteiger partial charge in [0.15, 0.2) is 0 Å². The summed E-state index contributed by atoms with van der Waals surface area (Å²) in [5, 5.41) is 0. The van der Waals surface area contributed by atoms with Crippen LogP contribution in [0.15, 0.2) is 30.4 Å². The number of carbonyl (C=O) groups excluding carboxylic acids is 1. The monoisotopic (exact) mass is 292 g/mol. The number of hydrogen-bond donors (Lipinski definition) is 1. The van der Waals surface area contributed by atoms with E-state index in [0.29, 0.717) is 5.69 Å². The van der Waals surface area contributed by atoms with Crippen LogP contribution < -0.4 is 10.5 Å². The summed E-state index contributed by atoms with van der Waals surface area (Å²) in [7, 11) is 3.78. The Kier molecular flexibility index (Phi) is 9.98. The van der Waals surface area contributed by atoms with Crippen LogP contribution in [0.2, 0.25) is 0 Å². The number of ether oxygens (including phenoxy) is 1. The number of aryl methyl sites for hydroxylation is 1. The fourth-order valence-corrected chi connectivity index (χ4v) is 1.75. The molecule has 4 heteroatoms. The van der Waals surface area contributed by atoms with Gasteiger partial charge >= 0.3 is 0 Å². The number of likely N-dealkylation sites (tertiary alicyclic amines) is 1. The Labute approximate surface area is 128 Å². The van der Waals surface area contributed by atoms with Crippen molar-refractivity contribution in [2.45, 2.75) is 26.7 Å². The normalized spacial score (nSPS) is 14.2. The van der Waals surface area contributed by atoms with Gasteiger partial charge in [-0.3, -0.25) is 0 Å². The van der Waals surface area contributed by atoms with Crippen LogP contribution in [0.3, 0.4) is 0 Å². The van der Waals surface area contributed by atoms with Gasteiger partial charge in [0, 0.05) is 13.1 Å². The van der Waals surface area contributed by atoms with E-state index in [1.54, 1.807) is 7.11 Å². The van der Waals surface area contributed by atoms with Gasteiger partial charge in [0.1, 0.15) is 12.0 Å². The van der Waals surface area contributed by atoms with E-state index in [2.05, 4.69) is 18.5 Å². The van der Waals surface area contributed by atoms with Gasteiger partial charge in [-0.05, 0) is 51.4 Å². The van der Waals surface area contributed by atoms with Crippen LogP contribution in [-0.4, -0.2) is 38.4 Å². The zero-order valence-corrected chi connectivity index (χ0v) is 13.7. The number of nitrogen functional groups attached to an aromatic ring is 1. The third-order valence-electron chi connectivity index (χ3n) is 3.08. The number of aldehydes is 1. The van der Waals surface area contributed by atoms with Crippen molar-refractivity contribution < 1.29 is 9.53 Å². The van der Waals surface area contributed by atoms with Crippen molar-refractivity contribution in [1.82, 2.24) is 4.90 Å². The van der Waals surface area contributed by atoms with Crippen LogP contribution in [0.4, 0.5) is 5.69 Å². The molecule has 4 nitrogen and oxygen atoms in total. The van der Waals surface area contributed by atoms with Crippen LogP contribution in [0, 0.1) is 6.92 Å². The van der Waals surface area contributed by atoms with E-state index in [1.165, 1.54) is 38.4 Å². The summed E-state index contributed by atoms with van der Waals surface area (Å²) in [6.45, 7) is 9.78. The van der Waals surface area contributed by atoms with Crippen molar-refractivity contribution in [3.05, 3.63) is 35.9 Å². The molecule has 2 N–H and O–H groups in total. The van der Waals surface area contributed by atoms with Gasteiger partial charge in [0.25, 0.3) is 0 Å². The summed E-state index contributed by atoms with van der Waals surface area (Å²) in [6, 6.07) is 5.71. The van der Waals surface area contributed by atoms with Gasteiger partial charge < -0.3 is 20.2 Å². The number of nitrogens with two attached hydrogens (primary N) is 1. The zero-order valence-electron chi connectivity index (χ0n) is 13.7. The third-order valence-corrected chi connectivity index (χ3v) is 3.08. The van der Waals surface area contributed by atoms with E-state index < -0.39 is 0 Å². The molecule has 1 aliphatic heterocycles. The lowest BCUT2D eigenvalue weighted by molar-refractivity contribution is -0.106. The summed E-state index contributed by atoms with van der Waals surface area (Å²) in [5.41, 5.74) is 8.84. The van der Waals surface area contributed by atoms with E-state index in [1.807, 2.05) is 25.1 Å². The topological polar surface area (TPSA) is 55.6 Å². The van der Waals surface area contributed by atoms with Crippen molar-refractivity contribution in [3.8, 4) is 5.75 Å². The lowest BCUT2D eigenvalue weighted by Crippen LogP contribution is -2.25. The maximum Gasteiger partial charge on any atom is 0.142 e. The maximum absolute atomic E-state index is 8.81. The molecular formula is C17H28N2O2. The Morgan fingerprint density at radius 3 is 2.24 bits per heavy atom. The van der Waals surface area contributed by atoms with E-state index in [9.17, 15) is 0 Å². The fourth-order valence-electron chi connectivity index (χ4n) is 1.75. The Morgan fingerprint density at radius 2 is 1.86 bits per heavy atom. The molecule has 0 amide bonds. The SMILES string of the molecule is C=C1CCN(C)CC1.CC=O.COc1cc(C)ccc1N. The van der Waals surface area contributed by atoms with Crippen LogP contribution in [0.1, 0.15) is 25.3 Å². The Bertz CT molecular complexity index is 434. The van der Waals surface area contributed by atoms with Crippen molar-refractivity contribution >= 4 is 12.0 Å². The van der Waals surface area contributed by atoms with Gasteiger partial charge in [-0.1, -0.05) is 18.2 Å². The molecule has 1 aromatic carbocycles. The smallest absolute Gasteiger partial charge is 0.142 e. The molecular weight excluding hydrogens is 264 g/mol. The first-order valence-corrected chi connectivity index (χ1v) is 7.09. The molecule has 0 radical (unpaired) electrons. The summed E-state index contributed by atoms with van der Waals surface area (Å²) < 4.78 is 5.00. The van der Waals surface area contributed by atoms with Gasteiger partial charge in [-0.25, -0.2) is 0 Å². The highest BCUT2D eigenvalue weighted by molar-refractivity contribution is 5.53. The van der Waals surface area contributed by atoms with E-state index in [-0.39, 0.29) is 0 Å². The number of piperidine rings is 1. The fraction of sp³-hybridized carbons (Fsp3) is 0.471. The predicted octanol–water partition coefficient (Wildman–Crippen LogP) is 3.06. The minimum atomic E-state index is 0.688. The number of nitrogens with zero attached hydrogens (tertiary/aromatic N) is 1.